The molecule has 0 spiro atoms. The maximum atomic E-state index is 12.4. The molecule has 2 rings (SSSR count). The number of quaternary nitrogens is 1. The van der Waals surface area contributed by atoms with Gasteiger partial charge in [-0.05, 0) is 55.5 Å². The lowest BCUT2D eigenvalue weighted by atomic mass is 10.1. The van der Waals surface area contributed by atoms with Crippen LogP contribution in [0.25, 0.3) is 0 Å². The summed E-state index contributed by atoms with van der Waals surface area (Å²) >= 11 is 3.35. The van der Waals surface area contributed by atoms with Crippen LogP contribution < -0.4 is 15.0 Å². The van der Waals surface area contributed by atoms with Gasteiger partial charge in [0, 0.05) is 15.7 Å². The zero-order valence-corrected chi connectivity index (χ0v) is 15.5. The number of ether oxygens (including phenoxy) is 1. The first-order valence-electron chi connectivity index (χ1n) is 7.77. The number of benzene rings is 2. The molecular weight excluding hydrogens is 394 g/mol. The Labute approximate surface area is 153 Å². The van der Waals surface area contributed by atoms with Gasteiger partial charge in [0.05, 0.1) is 7.05 Å². The van der Waals surface area contributed by atoms with Crippen LogP contribution in [0.1, 0.15) is 12.5 Å². The number of likely N-dealkylation sites (N-methyl/N-ethyl adjacent to an activating group) is 1. The van der Waals surface area contributed by atoms with Crippen molar-refractivity contribution in [3.63, 3.8) is 0 Å². The van der Waals surface area contributed by atoms with E-state index in [1.807, 2.05) is 38.2 Å². The summed E-state index contributed by atoms with van der Waals surface area (Å²) in [6.45, 7) is -0.400. The van der Waals surface area contributed by atoms with E-state index in [9.17, 15) is 13.6 Å². The van der Waals surface area contributed by atoms with E-state index < -0.39 is 6.61 Å². The van der Waals surface area contributed by atoms with Crippen LogP contribution in [0.2, 0.25) is 0 Å². The normalized spacial score (nSPS) is 13.4. The molecule has 2 N–H and O–H groups in total. The highest BCUT2D eigenvalue weighted by molar-refractivity contribution is 9.10. The molecule has 0 radical (unpaired) electrons. The number of alkyl halides is 2. The molecule has 0 aliphatic heterocycles. The van der Waals surface area contributed by atoms with Gasteiger partial charge in [-0.15, -0.1) is 0 Å². The van der Waals surface area contributed by atoms with Gasteiger partial charge < -0.3 is 15.0 Å². The molecule has 134 valence electrons. The van der Waals surface area contributed by atoms with Crippen molar-refractivity contribution in [3.05, 3.63) is 58.6 Å². The Balaban J connectivity index is 1.91. The van der Waals surface area contributed by atoms with Crippen molar-refractivity contribution in [2.24, 2.45) is 0 Å². The molecule has 0 aliphatic carbocycles. The summed E-state index contributed by atoms with van der Waals surface area (Å²) < 4.78 is 29.6. The number of rotatable bonds is 7. The number of carbonyl (C=O) groups is 1. The Morgan fingerprint density at radius 1 is 1.16 bits per heavy atom. The summed E-state index contributed by atoms with van der Waals surface area (Å²) in [5.41, 5.74) is 1.67. The van der Waals surface area contributed by atoms with Gasteiger partial charge in [0.15, 0.2) is 6.04 Å². The Hall–Kier alpha value is -1.99. The van der Waals surface area contributed by atoms with Crippen molar-refractivity contribution >= 4 is 27.5 Å². The average molecular weight is 414 g/mol. The minimum absolute atomic E-state index is 0.0857. The first kappa shape index (κ1) is 19.3. The zero-order valence-electron chi connectivity index (χ0n) is 13.9. The zero-order chi connectivity index (χ0) is 18.4. The lowest BCUT2D eigenvalue weighted by Crippen LogP contribution is -3.12. The van der Waals surface area contributed by atoms with E-state index in [4.69, 9.17) is 0 Å². The van der Waals surface area contributed by atoms with Crippen LogP contribution in [0, 0.1) is 0 Å². The minimum Gasteiger partial charge on any atom is -0.435 e. The number of halogens is 3. The monoisotopic (exact) mass is 413 g/mol. The molecule has 4 nitrogen and oxygen atoms in total. The molecule has 2 aromatic carbocycles. The number of hydrogen-bond acceptors (Lipinski definition) is 2. The number of amides is 1. The fourth-order valence-corrected chi connectivity index (χ4v) is 2.54. The SMILES string of the molecule is C[C@@H](C(=O)Nc1ccc(Br)cc1)[NH+](C)Cc1ccc(OC(F)F)cc1. The van der Waals surface area contributed by atoms with E-state index in [1.165, 1.54) is 12.1 Å². The van der Waals surface area contributed by atoms with Gasteiger partial charge >= 0.3 is 6.61 Å². The third kappa shape index (κ3) is 6.10. The van der Waals surface area contributed by atoms with Gasteiger partial charge in [-0.3, -0.25) is 4.79 Å². The molecule has 2 atom stereocenters. The Bertz CT molecular complexity index is 693. The highest BCUT2D eigenvalue weighted by Crippen LogP contribution is 2.15. The van der Waals surface area contributed by atoms with Gasteiger partial charge in [0.2, 0.25) is 0 Å². The maximum absolute atomic E-state index is 12.4. The smallest absolute Gasteiger partial charge is 0.387 e. The summed E-state index contributed by atoms with van der Waals surface area (Å²) in [6, 6.07) is 13.5. The van der Waals surface area contributed by atoms with E-state index >= 15 is 0 Å². The summed E-state index contributed by atoms with van der Waals surface area (Å²) in [4.78, 5) is 13.3. The molecule has 0 saturated carbocycles. The molecule has 0 saturated heterocycles. The molecule has 2 aromatic rings. The van der Waals surface area contributed by atoms with Gasteiger partial charge in [-0.25, -0.2) is 0 Å². The fourth-order valence-electron chi connectivity index (χ4n) is 2.27. The number of nitrogens with one attached hydrogen (secondary N) is 2. The Morgan fingerprint density at radius 2 is 1.76 bits per heavy atom. The van der Waals surface area contributed by atoms with Crippen LogP contribution >= 0.6 is 15.9 Å². The molecule has 0 fully saturated rings. The van der Waals surface area contributed by atoms with E-state index in [-0.39, 0.29) is 17.7 Å². The second-order valence-corrected chi connectivity index (χ2v) is 6.68. The quantitative estimate of drug-likeness (QED) is 0.732. The molecule has 0 aliphatic rings. The molecule has 25 heavy (non-hydrogen) atoms. The molecule has 1 amide bonds. The molecule has 0 heterocycles. The van der Waals surface area contributed by atoms with Gasteiger partial charge in [0.1, 0.15) is 12.3 Å². The second kappa shape index (κ2) is 8.92. The van der Waals surface area contributed by atoms with E-state index in [0.29, 0.717) is 6.54 Å². The Morgan fingerprint density at radius 3 is 2.32 bits per heavy atom. The topological polar surface area (TPSA) is 42.8 Å². The van der Waals surface area contributed by atoms with Crippen molar-refractivity contribution in [1.82, 2.24) is 0 Å². The number of hydrogen-bond donors (Lipinski definition) is 2. The van der Waals surface area contributed by atoms with Crippen LogP contribution in [-0.2, 0) is 11.3 Å². The first-order valence-corrected chi connectivity index (χ1v) is 8.57. The molecule has 1 unspecified atom stereocenters. The first-order chi connectivity index (χ1) is 11.8. The van der Waals surface area contributed by atoms with Crippen LogP contribution in [-0.4, -0.2) is 25.6 Å². The predicted molar refractivity (Wildman–Crippen MR) is 95.9 cm³/mol. The van der Waals surface area contributed by atoms with Gasteiger partial charge in [-0.2, -0.15) is 8.78 Å². The highest BCUT2D eigenvalue weighted by Gasteiger charge is 2.22. The summed E-state index contributed by atoms with van der Waals surface area (Å²) in [5, 5.41) is 2.88. The van der Waals surface area contributed by atoms with Crippen LogP contribution in [0.3, 0.4) is 0 Å². The number of carbonyl (C=O) groups excluding carboxylic acids is 1. The van der Waals surface area contributed by atoms with Crippen LogP contribution in [0.4, 0.5) is 14.5 Å². The second-order valence-electron chi connectivity index (χ2n) is 5.76. The molecule has 7 heteroatoms. The van der Waals surface area contributed by atoms with Crippen LogP contribution in [0.5, 0.6) is 5.75 Å². The average Bonchev–Trinajstić information content (AvgIpc) is 2.57. The number of anilines is 1. The summed E-state index contributed by atoms with van der Waals surface area (Å²) in [5.74, 6) is 0.0370. The third-order valence-corrected chi connectivity index (χ3v) is 4.40. The highest BCUT2D eigenvalue weighted by atomic mass is 79.9. The maximum Gasteiger partial charge on any atom is 0.387 e. The summed E-state index contributed by atoms with van der Waals surface area (Å²) in [7, 11) is 1.91. The largest absolute Gasteiger partial charge is 0.435 e. The van der Waals surface area contributed by atoms with E-state index in [2.05, 4.69) is 26.0 Å². The van der Waals surface area contributed by atoms with Crippen molar-refractivity contribution < 1.29 is 23.2 Å². The lowest BCUT2D eigenvalue weighted by Gasteiger charge is -2.21. The Kier molecular flexibility index (Phi) is 6.90. The molecular formula is C18H20BrF2N2O2+. The lowest BCUT2D eigenvalue weighted by molar-refractivity contribution is -0.907. The predicted octanol–water partition coefficient (Wildman–Crippen LogP) is 3.09. The minimum atomic E-state index is -2.83. The summed E-state index contributed by atoms with van der Waals surface area (Å²) in [6.07, 6.45) is 0. The van der Waals surface area contributed by atoms with Gasteiger partial charge in [-0.1, -0.05) is 15.9 Å². The van der Waals surface area contributed by atoms with Crippen molar-refractivity contribution in [2.75, 3.05) is 12.4 Å². The van der Waals surface area contributed by atoms with Gasteiger partial charge in [0.25, 0.3) is 5.91 Å². The standard InChI is InChI=1S/C18H19BrF2N2O2/c1-12(17(24)22-15-7-5-14(19)6-8-15)23(2)11-13-3-9-16(10-4-13)25-18(20)21/h3-10,12,18H,11H2,1-2H3,(H,22,24)/p+1/t12-/m0/s1. The fraction of sp³-hybridized carbons (Fsp3) is 0.278. The molecule has 0 bridgehead atoms. The van der Waals surface area contributed by atoms with E-state index in [1.54, 1.807) is 12.1 Å². The third-order valence-electron chi connectivity index (χ3n) is 3.88. The van der Waals surface area contributed by atoms with Crippen molar-refractivity contribution in [2.45, 2.75) is 26.1 Å². The van der Waals surface area contributed by atoms with Crippen LogP contribution in [0.15, 0.2) is 53.0 Å². The van der Waals surface area contributed by atoms with Crippen molar-refractivity contribution in [3.8, 4) is 5.75 Å². The van der Waals surface area contributed by atoms with Crippen molar-refractivity contribution in [1.29, 1.82) is 0 Å². The van der Waals surface area contributed by atoms with E-state index in [0.717, 1.165) is 20.6 Å². The molecule has 0 aromatic heterocycles.